The van der Waals surface area contributed by atoms with Crippen molar-refractivity contribution in [1.29, 1.82) is 0 Å². The molecule has 1 aliphatic rings. The van der Waals surface area contributed by atoms with Gasteiger partial charge >= 0.3 is 0 Å². The summed E-state index contributed by atoms with van der Waals surface area (Å²) in [5, 5.41) is 3.17. The molecule has 2 nitrogen and oxygen atoms in total. The van der Waals surface area contributed by atoms with Crippen molar-refractivity contribution in [2.45, 2.75) is 58.3 Å². The number of ether oxygens (including phenoxy) is 1. The van der Waals surface area contributed by atoms with E-state index in [1.165, 1.54) is 43.2 Å². The van der Waals surface area contributed by atoms with Crippen molar-refractivity contribution in [3.63, 3.8) is 0 Å². The van der Waals surface area contributed by atoms with Crippen molar-refractivity contribution in [2.24, 2.45) is 5.92 Å². The fourth-order valence-corrected chi connectivity index (χ4v) is 2.94. The summed E-state index contributed by atoms with van der Waals surface area (Å²) in [5.41, 5.74) is 2.62. The van der Waals surface area contributed by atoms with Crippen LogP contribution in [0, 0.1) is 5.92 Å². The molecule has 1 aromatic carbocycles. The molecular weight excluding hydrogens is 234 g/mol. The van der Waals surface area contributed by atoms with E-state index in [1.807, 2.05) is 7.05 Å². The lowest BCUT2D eigenvalue weighted by Crippen LogP contribution is -2.22. The summed E-state index contributed by atoms with van der Waals surface area (Å²) >= 11 is 0. The van der Waals surface area contributed by atoms with Gasteiger partial charge in [-0.25, -0.2) is 0 Å². The van der Waals surface area contributed by atoms with Gasteiger partial charge in [0.1, 0.15) is 0 Å². The minimum absolute atomic E-state index is 0.482. The molecule has 0 heterocycles. The van der Waals surface area contributed by atoms with Crippen molar-refractivity contribution in [3.8, 4) is 0 Å². The van der Waals surface area contributed by atoms with Crippen LogP contribution in [0.1, 0.15) is 50.2 Å². The lowest BCUT2D eigenvalue weighted by atomic mass is 9.85. The van der Waals surface area contributed by atoms with Gasteiger partial charge in [-0.1, -0.05) is 50.5 Å². The number of benzene rings is 1. The number of nitrogens with one attached hydrogen (secondary N) is 1. The van der Waals surface area contributed by atoms with Gasteiger partial charge in [0.15, 0.2) is 0 Å². The summed E-state index contributed by atoms with van der Waals surface area (Å²) in [7, 11) is 1.98. The van der Waals surface area contributed by atoms with Crippen LogP contribution in [0.15, 0.2) is 24.3 Å². The summed E-state index contributed by atoms with van der Waals surface area (Å²) in [6.07, 6.45) is 7.02. The highest BCUT2D eigenvalue weighted by Gasteiger charge is 2.20. The minimum atomic E-state index is 0.482. The van der Waals surface area contributed by atoms with E-state index >= 15 is 0 Å². The molecule has 0 bridgehead atoms. The first-order valence-electron chi connectivity index (χ1n) is 7.65. The third kappa shape index (κ3) is 4.63. The molecule has 1 aliphatic carbocycles. The molecule has 1 saturated carbocycles. The van der Waals surface area contributed by atoms with E-state index in [1.54, 1.807) is 0 Å². The molecule has 0 saturated heterocycles. The van der Waals surface area contributed by atoms with Crippen LogP contribution >= 0.6 is 0 Å². The number of rotatable bonds is 6. The predicted octanol–water partition coefficient (Wildman–Crippen LogP) is 3.89. The van der Waals surface area contributed by atoms with E-state index in [2.05, 4.69) is 36.5 Å². The zero-order chi connectivity index (χ0) is 13.5. The van der Waals surface area contributed by atoms with E-state index < -0.39 is 0 Å². The molecular formula is C17H27NO. The van der Waals surface area contributed by atoms with Crippen LogP contribution in [0.4, 0.5) is 0 Å². The highest BCUT2D eigenvalue weighted by molar-refractivity contribution is 5.21. The van der Waals surface area contributed by atoms with Gasteiger partial charge in [-0.15, -0.1) is 0 Å². The molecule has 0 radical (unpaired) electrons. The van der Waals surface area contributed by atoms with Crippen LogP contribution in [-0.4, -0.2) is 13.2 Å². The standard InChI is InChI=1S/C17H27NO/c1-3-14-5-4-6-17(11-14)19-13-16-9-7-15(8-10-16)12-18-2/h7-10,14,17-18H,3-6,11-13H2,1-2H3. The van der Waals surface area contributed by atoms with E-state index in [0.717, 1.165) is 19.1 Å². The van der Waals surface area contributed by atoms with E-state index in [-0.39, 0.29) is 0 Å². The Bertz CT molecular complexity index is 360. The molecule has 2 atom stereocenters. The molecule has 106 valence electrons. The van der Waals surface area contributed by atoms with Gasteiger partial charge in [-0.3, -0.25) is 0 Å². The quantitative estimate of drug-likeness (QED) is 0.838. The monoisotopic (exact) mass is 261 g/mol. The fourth-order valence-electron chi connectivity index (χ4n) is 2.94. The van der Waals surface area contributed by atoms with Crippen molar-refractivity contribution < 1.29 is 4.74 Å². The Balaban J connectivity index is 1.78. The Labute approximate surface area is 117 Å². The van der Waals surface area contributed by atoms with Crippen LogP contribution in [0.3, 0.4) is 0 Å². The summed E-state index contributed by atoms with van der Waals surface area (Å²) in [6.45, 7) is 4.00. The molecule has 1 aromatic rings. The Hall–Kier alpha value is -0.860. The van der Waals surface area contributed by atoms with E-state index in [0.29, 0.717) is 6.10 Å². The largest absolute Gasteiger partial charge is 0.374 e. The molecule has 19 heavy (non-hydrogen) atoms. The first kappa shape index (κ1) is 14.5. The Morgan fingerprint density at radius 3 is 2.58 bits per heavy atom. The van der Waals surface area contributed by atoms with Gasteiger partial charge < -0.3 is 10.1 Å². The molecule has 1 fully saturated rings. The molecule has 0 aliphatic heterocycles. The van der Waals surface area contributed by atoms with Crippen LogP contribution in [0.2, 0.25) is 0 Å². The van der Waals surface area contributed by atoms with Gasteiger partial charge in [0, 0.05) is 6.54 Å². The average Bonchev–Trinajstić information content (AvgIpc) is 2.47. The summed E-state index contributed by atoms with van der Waals surface area (Å²) < 4.78 is 6.09. The molecule has 0 amide bonds. The first-order valence-corrected chi connectivity index (χ1v) is 7.65. The summed E-state index contributed by atoms with van der Waals surface area (Å²) in [5.74, 6) is 0.886. The second-order valence-corrected chi connectivity index (χ2v) is 5.72. The summed E-state index contributed by atoms with van der Waals surface area (Å²) in [6, 6.07) is 8.75. The van der Waals surface area contributed by atoms with Gasteiger partial charge in [-0.05, 0) is 36.9 Å². The van der Waals surface area contributed by atoms with Crippen LogP contribution in [-0.2, 0) is 17.9 Å². The fraction of sp³-hybridized carbons (Fsp3) is 0.647. The summed E-state index contributed by atoms with van der Waals surface area (Å²) in [4.78, 5) is 0. The van der Waals surface area contributed by atoms with E-state index in [4.69, 9.17) is 4.74 Å². The van der Waals surface area contributed by atoms with Gasteiger partial charge in [0.2, 0.25) is 0 Å². The topological polar surface area (TPSA) is 21.3 Å². The molecule has 0 spiro atoms. The Morgan fingerprint density at radius 2 is 1.89 bits per heavy atom. The van der Waals surface area contributed by atoms with Crippen molar-refractivity contribution in [2.75, 3.05) is 7.05 Å². The van der Waals surface area contributed by atoms with E-state index in [9.17, 15) is 0 Å². The van der Waals surface area contributed by atoms with Crippen molar-refractivity contribution in [3.05, 3.63) is 35.4 Å². The number of hydrogen-bond acceptors (Lipinski definition) is 2. The first-order chi connectivity index (χ1) is 9.31. The second-order valence-electron chi connectivity index (χ2n) is 5.72. The maximum Gasteiger partial charge on any atom is 0.0720 e. The van der Waals surface area contributed by atoms with Gasteiger partial charge in [0.05, 0.1) is 12.7 Å². The highest BCUT2D eigenvalue weighted by Crippen LogP contribution is 2.28. The highest BCUT2D eigenvalue weighted by atomic mass is 16.5. The van der Waals surface area contributed by atoms with Crippen LogP contribution < -0.4 is 5.32 Å². The van der Waals surface area contributed by atoms with Crippen LogP contribution in [0.5, 0.6) is 0 Å². The Kier molecular flexibility index (Phi) is 5.87. The molecule has 1 N–H and O–H groups in total. The lowest BCUT2D eigenvalue weighted by Gasteiger charge is -2.28. The number of hydrogen-bond donors (Lipinski definition) is 1. The third-order valence-corrected chi connectivity index (χ3v) is 4.20. The van der Waals surface area contributed by atoms with Crippen molar-refractivity contribution in [1.82, 2.24) is 5.32 Å². The molecule has 2 rings (SSSR count). The van der Waals surface area contributed by atoms with Crippen LogP contribution in [0.25, 0.3) is 0 Å². The predicted molar refractivity (Wildman–Crippen MR) is 80.0 cm³/mol. The zero-order valence-corrected chi connectivity index (χ0v) is 12.3. The van der Waals surface area contributed by atoms with Gasteiger partial charge in [0.25, 0.3) is 0 Å². The molecule has 2 unspecified atom stereocenters. The Morgan fingerprint density at radius 1 is 1.16 bits per heavy atom. The molecule has 0 aromatic heterocycles. The smallest absolute Gasteiger partial charge is 0.0720 e. The SMILES string of the molecule is CCC1CCCC(OCc2ccc(CNC)cc2)C1. The second kappa shape index (κ2) is 7.66. The normalized spacial score (nSPS) is 23.5. The average molecular weight is 261 g/mol. The van der Waals surface area contributed by atoms with Gasteiger partial charge in [-0.2, -0.15) is 0 Å². The zero-order valence-electron chi connectivity index (χ0n) is 12.3. The minimum Gasteiger partial charge on any atom is -0.374 e. The maximum atomic E-state index is 6.09. The van der Waals surface area contributed by atoms with Crippen molar-refractivity contribution >= 4 is 0 Å². The maximum absolute atomic E-state index is 6.09. The lowest BCUT2D eigenvalue weighted by molar-refractivity contribution is 0.00177. The third-order valence-electron chi connectivity index (χ3n) is 4.20. The molecule has 2 heteroatoms.